The van der Waals surface area contributed by atoms with Crippen LogP contribution in [0.3, 0.4) is 0 Å². The lowest BCUT2D eigenvalue weighted by molar-refractivity contribution is -0.123. The van der Waals surface area contributed by atoms with Gasteiger partial charge >= 0.3 is 0 Å². The molecule has 0 bridgehead atoms. The molecule has 0 radical (unpaired) electrons. The summed E-state index contributed by atoms with van der Waals surface area (Å²) in [6.45, 7) is 3.69. The summed E-state index contributed by atoms with van der Waals surface area (Å²) in [4.78, 5) is 37.1. The van der Waals surface area contributed by atoms with Crippen molar-refractivity contribution in [1.29, 1.82) is 0 Å². The molecule has 2 unspecified atom stereocenters. The first-order valence-corrected chi connectivity index (χ1v) is 6.25. The Bertz CT molecular complexity index is 518. The van der Waals surface area contributed by atoms with E-state index in [0.717, 1.165) is 4.90 Å². The van der Waals surface area contributed by atoms with Crippen LogP contribution in [-0.4, -0.2) is 28.7 Å². The average Bonchev–Trinajstić information content (AvgIpc) is 2.64. The van der Waals surface area contributed by atoms with Crippen molar-refractivity contribution in [3.63, 3.8) is 0 Å². The average molecular weight is 260 g/mol. The van der Waals surface area contributed by atoms with Crippen LogP contribution in [0.15, 0.2) is 24.3 Å². The summed E-state index contributed by atoms with van der Waals surface area (Å²) in [7, 11) is 0. The standard InChI is InChI=1S/C14H16N2O3/c1-3-8(2)11(12(15)17)16-13(18)9-6-4-5-7-10(9)14(16)19/h4-8,11H,3H2,1-2H3,(H2,15,17). The monoisotopic (exact) mass is 260 g/mol. The van der Waals surface area contributed by atoms with Crippen molar-refractivity contribution in [1.82, 2.24) is 4.90 Å². The van der Waals surface area contributed by atoms with Crippen molar-refractivity contribution < 1.29 is 14.4 Å². The topological polar surface area (TPSA) is 80.5 Å². The SMILES string of the molecule is CCC(C)C(C(N)=O)N1C(=O)c2ccccc2C1=O. The highest BCUT2D eigenvalue weighted by molar-refractivity contribution is 6.22. The van der Waals surface area contributed by atoms with Gasteiger partial charge in [0.05, 0.1) is 11.1 Å². The van der Waals surface area contributed by atoms with Crippen LogP contribution in [0.1, 0.15) is 41.0 Å². The minimum absolute atomic E-state index is 0.167. The summed E-state index contributed by atoms with van der Waals surface area (Å²) in [5.41, 5.74) is 6.04. The lowest BCUT2D eigenvalue weighted by Gasteiger charge is -2.27. The third-order valence-corrected chi connectivity index (χ3v) is 3.58. The highest BCUT2D eigenvalue weighted by atomic mass is 16.2. The van der Waals surface area contributed by atoms with E-state index in [9.17, 15) is 14.4 Å². The van der Waals surface area contributed by atoms with Gasteiger partial charge in [-0.05, 0) is 18.1 Å². The van der Waals surface area contributed by atoms with Crippen LogP contribution < -0.4 is 5.73 Å². The molecule has 0 spiro atoms. The van der Waals surface area contributed by atoms with Crippen molar-refractivity contribution in [2.75, 3.05) is 0 Å². The van der Waals surface area contributed by atoms with Gasteiger partial charge in [-0.1, -0.05) is 32.4 Å². The van der Waals surface area contributed by atoms with Gasteiger partial charge in [-0.25, -0.2) is 0 Å². The lowest BCUT2D eigenvalue weighted by atomic mass is 9.97. The van der Waals surface area contributed by atoms with E-state index < -0.39 is 23.8 Å². The smallest absolute Gasteiger partial charge is 0.262 e. The predicted molar refractivity (Wildman–Crippen MR) is 69.4 cm³/mol. The summed E-state index contributed by atoms with van der Waals surface area (Å²) < 4.78 is 0. The summed E-state index contributed by atoms with van der Waals surface area (Å²) in [5, 5.41) is 0. The zero-order valence-electron chi connectivity index (χ0n) is 10.9. The molecule has 5 nitrogen and oxygen atoms in total. The molecule has 2 atom stereocenters. The molecule has 0 aliphatic carbocycles. The van der Waals surface area contributed by atoms with Crippen molar-refractivity contribution in [3.05, 3.63) is 35.4 Å². The van der Waals surface area contributed by atoms with Gasteiger partial charge in [0.2, 0.25) is 5.91 Å². The molecule has 1 aliphatic rings. The second-order valence-corrected chi connectivity index (χ2v) is 4.76. The number of primary amides is 1. The van der Waals surface area contributed by atoms with E-state index >= 15 is 0 Å². The van der Waals surface area contributed by atoms with Crippen LogP contribution >= 0.6 is 0 Å². The molecule has 1 aromatic carbocycles. The number of nitrogens with zero attached hydrogens (tertiary/aromatic N) is 1. The number of benzene rings is 1. The van der Waals surface area contributed by atoms with E-state index in [0.29, 0.717) is 17.5 Å². The second kappa shape index (κ2) is 4.84. The number of hydrogen-bond donors (Lipinski definition) is 1. The van der Waals surface area contributed by atoms with Crippen LogP contribution in [0.2, 0.25) is 0 Å². The Morgan fingerprint density at radius 1 is 1.21 bits per heavy atom. The van der Waals surface area contributed by atoms with E-state index in [2.05, 4.69) is 0 Å². The van der Waals surface area contributed by atoms with Crippen LogP contribution in [-0.2, 0) is 4.79 Å². The fourth-order valence-electron chi connectivity index (χ4n) is 2.35. The molecule has 100 valence electrons. The largest absolute Gasteiger partial charge is 0.368 e. The number of nitrogens with two attached hydrogens (primary N) is 1. The molecule has 0 aromatic heterocycles. The van der Waals surface area contributed by atoms with Gasteiger partial charge in [-0.2, -0.15) is 0 Å². The van der Waals surface area contributed by atoms with Crippen molar-refractivity contribution in [2.45, 2.75) is 26.3 Å². The quantitative estimate of drug-likeness (QED) is 0.825. The van der Waals surface area contributed by atoms with Gasteiger partial charge in [0.25, 0.3) is 11.8 Å². The third kappa shape index (κ3) is 2.01. The molecule has 19 heavy (non-hydrogen) atoms. The van der Waals surface area contributed by atoms with Gasteiger partial charge in [-0.3, -0.25) is 19.3 Å². The maximum Gasteiger partial charge on any atom is 0.262 e. The third-order valence-electron chi connectivity index (χ3n) is 3.58. The Morgan fingerprint density at radius 3 is 2.05 bits per heavy atom. The molecule has 0 fully saturated rings. The first-order chi connectivity index (χ1) is 8.99. The molecule has 1 aliphatic heterocycles. The number of hydrogen-bond acceptors (Lipinski definition) is 3. The first kappa shape index (κ1) is 13.3. The molecule has 2 N–H and O–H groups in total. The molecule has 3 amide bonds. The van der Waals surface area contributed by atoms with E-state index in [1.54, 1.807) is 31.2 Å². The number of carbonyl (C=O) groups is 3. The number of fused-ring (bicyclic) bond motifs is 1. The highest BCUT2D eigenvalue weighted by Gasteiger charge is 2.43. The minimum Gasteiger partial charge on any atom is -0.368 e. The maximum atomic E-state index is 12.3. The molecule has 1 heterocycles. The maximum absolute atomic E-state index is 12.3. The fraction of sp³-hybridized carbons (Fsp3) is 0.357. The Labute approximate surface area is 111 Å². The second-order valence-electron chi connectivity index (χ2n) is 4.76. The summed E-state index contributed by atoms with van der Waals surface area (Å²) in [6, 6.07) is 5.66. The number of carbonyl (C=O) groups excluding carboxylic acids is 3. The van der Waals surface area contributed by atoms with E-state index in [-0.39, 0.29) is 5.92 Å². The Hall–Kier alpha value is -2.17. The van der Waals surface area contributed by atoms with Crippen molar-refractivity contribution in [2.24, 2.45) is 11.7 Å². The van der Waals surface area contributed by atoms with Crippen molar-refractivity contribution in [3.8, 4) is 0 Å². The zero-order valence-corrected chi connectivity index (χ0v) is 10.9. The minimum atomic E-state index is -0.891. The van der Waals surface area contributed by atoms with Crippen LogP contribution in [0, 0.1) is 5.92 Å². The Morgan fingerprint density at radius 2 is 1.68 bits per heavy atom. The normalized spacial score (nSPS) is 17.3. The Kier molecular flexibility index (Phi) is 3.38. The van der Waals surface area contributed by atoms with E-state index in [1.165, 1.54) is 0 Å². The molecule has 0 saturated carbocycles. The zero-order chi connectivity index (χ0) is 14.2. The highest BCUT2D eigenvalue weighted by Crippen LogP contribution is 2.27. The lowest BCUT2D eigenvalue weighted by Crippen LogP contribution is -2.51. The van der Waals surface area contributed by atoms with E-state index in [4.69, 9.17) is 5.73 Å². The van der Waals surface area contributed by atoms with Crippen LogP contribution in [0.25, 0.3) is 0 Å². The van der Waals surface area contributed by atoms with Crippen LogP contribution in [0.5, 0.6) is 0 Å². The van der Waals surface area contributed by atoms with E-state index in [1.807, 2.05) is 6.92 Å². The summed E-state index contributed by atoms with van der Waals surface area (Å²) in [6.07, 6.45) is 0.654. The number of imide groups is 1. The Balaban J connectivity index is 2.45. The molecule has 2 rings (SSSR count). The van der Waals surface area contributed by atoms with Gasteiger partial charge in [0, 0.05) is 0 Å². The predicted octanol–water partition coefficient (Wildman–Crippen LogP) is 1.18. The number of amides is 3. The molecule has 5 heteroatoms. The van der Waals surface area contributed by atoms with Gasteiger partial charge < -0.3 is 5.73 Å². The molecular weight excluding hydrogens is 244 g/mol. The molecular formula is C14H16N2O3. The van der Waals surface area contributed by atoms with Crippen LogP contribution in [0.4, 0.5) is 0 Å². The van der Waals surface area contributed by atoms with Gasteiger partial charge in [0.1, 0.15) is 6.04 Å². The summed E-state index contributed by atoms with van der Waals surface area (Å²) >= 11 is 0. The molecule has 1 aromatic rings. The number of rotatable bonds is 4. The van der Waals surface area contributed by atoms with Crippen molar-refractivity contribution >= 4 is 17.7 Å². The first-order valence-electron chi connectivity index (χ1n) is 6.25. The fourth-order valence-corrected chi connectivity index (χ4v) is 2.35. The summed E-state index contributed by atoms with van der Waals surface area (Å²) in [5.74, 6) is -1.70. The molecule has 0 saturated heterocycles. The van der Waals surface area contributed by atoms with Gasteiger partial charge in [0.15, 0.2) is 0 Å². The van der Waals surface area contributed by atoms with Gasteiger partial charge in [-0.15, -0.1) is 0 Å².